The quantitative estimate of drug-likeness (QED) is 0.0528. The van der Waals surface area contributed by atoms with Gasteiger partial charge in [-0.1, -0.05) is 170 Å². The minimum absolute atomic E-state index is 0. The van der Waals surface area contributed by atoms with Gasteiger partial charge in [0.1, 0.15) is 0 Å². The topological polar surface area (TPSA) is 0 Å². The van der Waals surface area contributed by atoms with Gasteiger partial charge >= 0.3 is 71.6 Å². The predicted octanol–water partition coefficient (Wildman–Crippen LogP) is 16.2. The summed E-state index contributed by atoms with van der Waals surface area (Å²) < 4.78 is 346. The molecule has 0 aromatic heterocycles. The van der Waals surface area contributed by atoms with Crippen LogP contribution in [0.15, 0.2) is 170 Å². The largest absolute Gasteiger partial charge is 0.460 e. The number of hydrogen-bond acceptors (Lipinski definition) is 0. The SMILES string of the molecule is FC(F)(F)C(F)(F)C(F)(F)C(F)(F)C(F)(F)C(F)(F)CCc1ccc(P(c2ccccc2)c2ccccc2)cc1.FC(F)(F)C(F)(F)C(F)(F)C(F)(F)C(F)(F)C(F)(F)CCc1ccc(P(c2ccccc2)c2ccccc2)cc1.[Pt]. The maximum Gasteiger partial charge on any atom is 0.460 e. The first-order valence-corrected chi connectivity index (χ1v) is 25.1. The van der Waals surface area contributed by atoms with E-state index in [1.165, 1.54) is 48.5 Å². The predicted molar refractivity (Wildman–Crippen MR) is 249 cm³/mol. The Labute approximate surface area is 459 Å². The molecule has 0 heterocycles. The molecule has 0 radical (unpaired) electrons. The second-order valence-electron chi connectivity index (χ2n) is 17.3. The van der Waals surface area contributed by atoms with Gasteiger partial charge in [-0.25, -0.2) is 0 Å². The zero-order valence-electron chi connectivity index (χ0n) is 40.0. The molecule has 0 amide bonds. The summed E-state index contributed by atoms with van der Waals surface area (Å²) in [5.41, 5.74) is -0.267. The van der Waals surface area contributed by atoms with Gasteiger partial charge in [0.25, 0.3) is 0 Å². The van der Waals surface area contributed by atoms with Gasteiger partial charge in [-0.15, -0.1) is 0 Å². The van der Waals surface area contributed by atoms with E-state index in [2.05, 4.69) is 0 Å². The van der Waals surface area contributed by atoms with Crippen LogP contribution >= 0.6 is 15.8 Å². The Kier molecular flexibility index (Phi) is 20.9. The number of rotatable bonds is 20. The van der Waals surface area contributed by atoms with Gasteiger partial charge in [-0.3, -0.25) is 0 Å². The van der Waals surface area contributed by atoms with Gasteiger partial charge in [0.05, 0.1) is 0 Å². The van der Waals surface area contributed by atoms with Gasteiger partial charge in [0, 0.05) is 33.9 Å². The molecule has 0 atom stereocenters. The molecule has 0 saturated heterocycles. The summed E-state index contributed by atoms with van der Waals surface area (Å²) in [5.74, 6) is -73.5. The van der Waals surface area contributed by atoms with E-state index in [9.17, 15) is 114 Å². The second-order valence-corrected chi connectivity index (χ2v) is 21.8. The van der Waals surface area contributed by atoms with Crippen molar-refractivity contribution in [1.82, 2.24) is 0 Å². The van der Waals surface area contributed by atoms with E-state index >= 15 is 0 Å². The van der Waals surface area contributed by atoms with Gasteiger partial charge in [-0.05, 0) is 71.6 Å². The Bertz CT molecular complexity index is 2640. The summed E-state index contributed by atoms with van der Waals surface area (Å²) >= 11 is 0. The summed E-state index contributed by atoms with van der Waals surface area (Å²) in [7, 11) is -2.34. The Balaban J connectivity index is 0.000000344. The Morgan fingerprint density at radius 2 is 0.407 bits per heavy atom. The summed E-state index contributed by atoms with van der Waals surface area (Å²) in [6, 6.07) is 46.8. The molecule has 446 valence electrons. The van der Waals surface area contributed by atoms with Gasteiger partial charge < -0.3 is 0 Å². The minimum Gasteiger partial charge on any atom is -0.200 e. The van der Waals surface area contributed by atoms with Gasteiger partial charge in [-0.2, -0.15) is 114 Å². The number of alkyl halides is 26. The maximum atomic E-state index is 14.2. The van der Waals surface area contributed by atoms with Crippen molar-refractivity contribution in [3.8, 4) is 0 Å². The molecule has 0 unspecified atom stereocenters. The summed E-state index contributed by atoms with van der Waals surface area (Å²) in [6.07, 6.45) is -21.6. The summed E-state index contributed by atoms with van der Waals surface area (Å²) in [4.78, 5) is 0. The molecular weight excluding hydrogens is 1380 g/mol. The molecule has 81 heavy (non-hydrogen) atoms. The zero-order valence-corrected chi connectivity index (χ0v) is 44.1. The first kappa shape index (κ1) is 68.5. The molecule has 6 aromatic rings. The van der Waals surface area contributed by atoms with Crippen LogP contribution in [0.5, 0.6) is 0 Å². The average molecular weight is 1410 g/mol. The van der Waals surface area contributed by atoms with Crippen molar-refractivity contribution in [2.75, 3.05) is 0 Å². The molecule has 0 aliphatic heterocycles. The first-order valence-electron chi connectivity index (χ1n) is 22.5. The molecule has 6 rings (SSSR count). The van der Waals surface area contributed by atoms with Crippen molar-refractivity contribution in [3.05, 3.63) is 181 Å². The standard InChI is InChI=1S/2C26H18F13P.Pt/c2*27-21(28,22(29,30)23(31,32)24(33,34)25(35,36)26(37,38)39)16-15-17-11-13-20(14-12-17)40(18-7-3-1-4-8-18)19-9-5-2-6-10-19;/h2*1-14H,15-16H2;. The fourth-order valence-electron chi connectivity index (χ4n) is 7.35. The minimum atomic E-state index is -7.89. The monoisotopic (exact) mass is 1410 g/mol. The third-order valence-corrected chi connectivity index (χ3v) is 16.8. The van der Waals surface area contributed by atoms with Crippen molar-refractivity contribution in [2.24, 2.45) is 0 Å². The molecule has 29 heteroatoms. The van der Waals surface area contributed by atoms with E-state index in [1.54, 1.807) is 72.8 Å². The molecule has 0 spiro atoms. The third kappa shape index (κ3) is 13.4. The second kappa shape index (κ2) is 24.7. The van der Waals surface area contributed by atoms with Gasteiger partial charge in [0.15, 0.2) is 0 Å². The first-order chi connectivity index (χ1) is 36.6. The van der Waals surface area contributed by atoms with Crippen LogP contribution in [-0.4, -0.2) is 71.6 Å². The Hall–Kier alpha value is -4.95. The van der Waals surface area contributed by atoms with Crippen molar-refractivity contribution in [1.29, 1.82) is 0 Å². The molecule has 0 aliphatic rings. The van der Waals surface area contributed by atoms with Crippen LogP contribution in [0.4, 0.5) is 114 Å². The average Bonchev–Trinajstić information content (AvgIpc) is 3.38. The summed E-state index contributed by atoms with van der Waals surface area (Å²) in [5, 5.41) is 4.91. The van der Waals surface area contributed by atoms with Crippen molar-refractivity contribution in [2.45, 2.75) is 97.3 Å². The number of aryl methyl sites for hydroxylation is 2. The molecule has 0 aliphatic carbocycles. The van der Waals surface area contributed by atoms with E-state index in [1.807, 2.05) is 48.5 Å². The van der Waals surface area contributed by atoms with E-state index < -0.39 is 113 Å². The molecule has 0 N–H and O–H groups in total. The molecule has 0 nitrogen and oxygen atoms in total. The van der Waals surface area contributed by atoms with Gasteiger partial charge in [0.2, 0.25) is 0 Å². The molecular formula is C52H36F26P2Pt. The maximum absolute atomic E-state index is 14.2. The van der Waals surface area contributed by atoms with E-state index in [-0.39, 0.29) is 32.2 Å². The Morgan fingerprint density at radius 3 is 0.605 bits per heavy atom. The zero-order chi connectivity index (χ0) is 60.4. The molecule has 0 fully saturated rings. The van der Waals surface area contributed by atoms with Crippen molar-refractivity contribution >= 4 is 47.7 Å². The third-order valence-electron chi connectivity index (χ3n) is 11.9. The van der Waals surface area contributed by atoms with Crippen LogP contribution in [0.3, 0.4) is 0 Å². The van der Waals surface area contributed by atoms with Crippen LogP contribution in [0.25, 0.3) is 0 Å². The van der Waals surface area contributed by atoms with Crippen LogP contribution < -0.4 is 31.8 Å². The van der Waals surface area contributed by atoms with E-state index in [0.29, 0.717) is 10.6 Å². The summed E-state index contributed by atoms with van der Waals surface area (Å²) in [6.45, 7) is 0. The fourth-order valence-corrected chi connectivity index (χ4v) is 11.9. The van der Waals surface area contributed by atoms with Crippen molar-refractivity contribution in [3.63, 3.8) is 0 Å². The Morgan fingerprint density at radius 1 is 0.222 bits per heavy atom. The van der Waals surface area contributed by atoms with Crippen LogP contribution in [-0.2, 0) is 33.9 Å². The van der Waals surface area contributed by atoms with Crippen molar-refractivity contribution < 1.29 is 135 Å². The van der Waals surface area contributed by atoms with E-state index in [4.69, 9.17) is 0 Å². The van der Waals surface area contributed by atoms with Crippen LogP contribution in [0.2, 0.25) is 0 Å². The number of halogens is 26. The van der Waals surface area contributed by atoms with Crippen LogP contribution in [0, 0.1) is 0 Å². The smallest absolute Gasteiger partial charge is 0.200 e. The molecule has 0 bridgehead atoms. The fraction of sp³-hybridized carbons (Fsp3) is 0.308. The van der Waals surface area contributed by atoms with E-state index in [0.717, 1.165) is 21.2 Å². The normalized spacial score (nSPS) is 13.9. The molecule has 6 aromatic carbocycles. The number of benzene rings is 6. The van der Waals surface area contributed by atoms with Crippen LogP contribution in [0.1, 0.15) is 24.0 Å². The number of hydrogen-bond donors (Lipinski definition) is 0. The molecule has 0 saturated carbocycles.